The van der Waals surface area contributed by atoms with Crippen LogP contribution in [0.2, 0.25) is 0 Å². The monoisotopic (exact) mass is 804 g/mol. The summed E-state index contributed by atoms with van der Waals surface area (Å²) in [5.41, 5.74) is 10.6. The predicted molar refractivity (Wildman–Crippen MR) is 244 cm³/mol. The van der Waals surface area contributed by atoms with Gasteiger partial charge in [0, 0.05) is 33.2 Å². The Morgan fingerprint density at radius 1 is 0.452 bits per heavy atom. The van der Waals surface area contributed by atoms with Gasteiger partial charge in [0.1, 0.15) is 0 Å². The molecule has 0 spiro atoms. The summed E-state index contributed by atoms with van der Waals surface area (Å²) in [5, 5.41) is 4.30. The second-order valence-electron chi connectivity index (χ2n) is 16.4. The Balaban J connectivity index is 0.867. The summed E-state index contributed by atoms with van der Waals surface area (Å²) in [6.07, 6.45) is 4.43. The van der Waals surface area contributed by atoms with E-state index in [1.807, 2.05) is 141 Å². The summed E-state index contributed by atoms with van der Waals surface area (Å²) in [5.74, 6) is -1.54. The highest BCUT2D eigenvalue weighted by molar-refractivity contribution is 6.36. The minimum Gasteiger partial charge on any atom is -0.308 e. The highest BCUT2D eigenvalue weighted by Gasteiger charge is 2.43. The van der Waals surface area contributed by atoms with E-state index in [1.54, 1.807) is 12.1 Å². The maximum Gasteiger partial charge on any atom is 0.268 e. The summed E-state index contributed by atoms with van der Waals surface area (Å²) >= 11 is 0. The Morgan fingerprint density at radius 2 is 0.903 bits per heavy atom. The van der Waals surface area contributed by atoms with Crippen molar-refractivity contribution in [3.05, 3.63) is 203 Å². The number of fused-ring (bicyclic) bond motifs is 8. The molecule has 62 heavy (non-hydrogen) atoms. The molecular formula is C54H36N4O4. The molecule has 8 nitrogen and oxygen atoms in total. The Kier molecular flexibility index (Phi) is 7.62. The Morgan fingerprint density at radius 3 is 1.37 bits per heavy atom. The van der Waals surface area contributed by atoms with Crippen LogP contribution in [0.15, 0.2) is 170 Å². The first-order chi connectivity index (χ1) is 30.3. The number of aryl methyl sites for hydroxylation is 1. The zero-order valence-corrected chi connectivity index (χ0v) is 33.8. The Labute approximate surface area is 355 Å². The number of para-hydroxylation sites is 4. The summed E-state index contributed by atoms with van der Waals surface area (Å²) in [4.78, 5) is 60.0. The number of carbonyl (C=O) groups is 4. The van der Waals surface area contributed by atoms with Crippen LogP contribution in [0.25, 0.3) is 60.6 Å². The van der Waals surface area contributed by atoms with Crippen LogP contribution < -0.4 is 4.90 Å². The van der Waals surface area contributed by atoms with Crippen molar-refractivity contribution in [2.45, 2.75) is 20.3 Å². The number of nitrogens with zero attached hydrogens (tertiary/aromatic N) is 4. The van der Waals surface area contributed by atoms with Crippen molar-refractivity contribution in [2.24, 2.45) is 5.92 Å². The molecule has 4 amide bonds. The number of rotatable bonds is 5. The SMILES string of the molecule is Cc1cc(C2=CC=C(N3C(=O)c4cccc(-n5c6ccccc6c6ccccc65)c4C3=O)C(C)C2)ccc1N1C(=O)c2cccc(-n3c4ccccc4c4ccccc43)c2C1=O. The zero-order chi connectivity index (χ0) is 42.0. The molecule has 8 heteroatoms. The summed E-state index contributed by atoms with van der Waals surface area (Å²) < 4.78 is 4.17. The third kappa shape index (κ3) is 4.89. The Bertz CT molecular complexity index is 3480. The minimum atomic E-state index is -0.362. The number of anilines is 1. The largest absolute Gasteiger partial charge is 0.308 e. The zero-order valence-electron chi connectivity index (χ0n) is 33.8. The molecule has 4 heterocycles. The van der Waals surface area contributed by atoms with E-state index in [0.29, 0.717) is 51.4 Å². The molecule has 0 fully saturated rings. The molecule has 0 N–H and O–H groups in total. The third-order valence-corrected chi connectivity index (χ3v) is 13.0. The fourth-order valence-corrected chi connectivity index (χ4v) is 10.2. The maximum atomic E-state index is 14.5. The van der Waals surface area contributed by atoms with Crippen LogP contribution in [-0.2, 0) is 0 Å². The van der Waals surface area contributed by atoms with Crippen LogP contribution in [0.4, 0.5) is 5.69 Å². The predicted octanol–water partition coefficient (Wildman–Crippen LogP) is 11.6. The van der Waals surface area contributed by atoms with Crippen molar-refractivity contribution >= 4 is 78.5 Å². The van der Waals surface area contributed by atoms with Gasteiger partial charge < -0.3 is 9.13 Å². The average molecular weight is 805 g/mol. The van der Waals surface area contributed by atoms with E-state index in [4.69, 9.17) is 0 Å². The van der Waals surface area contributed by atoms with Crippen molar-refractivity contribution in [3.8, 4) is 11.4 Å². The van der Waals surface area contributed by atoms with Crippen LogP contribution in [-0.4, -0.2) is 37.7 Å². The summed E-state index contributed by atoms with van der Waals surface area (Å²) in [6.45, 7) is 3.95. The quantitative estimate of drug-likeness (QED) is 0.162. The number of hydrogen-bond donors (Lipinski definition) is 0. The molecule has 7 aromatic carbocycles. The lowest BCUT2D eigenvalue weighted by Gasteiger charge is -2.28. The van der Waals surface area contributed by atoms with E-state index < -0.39 is 0 Å². The highest BCUT2D eigenvalue weighted by Crippen LogP contribution is 2.43. The Hall–Kier alpha value is -8.10. The lowest BCUT2D eigenvalue weighted by atomic mass is 9.87. The molecule has 0 bridgehead atoms. The van der Waals surface area contributed by atoms with E-state index in [2.05, 4.69) is 33.4 Å². The highest BCUT2D eigenvalue weighted by atomic mass is 16.2. The standard InChI is InChI=1S/C54H36N4O4/c1-31-29-33(25-27-41(31)57-51(59)39-17-11-23-47(49(39)53(57)61)55-43-19-7-3-13-35(43)36-14-4-8-20-44(36)55)34-26-28-42(32(2)30-34)58-52(60)40-18-12-24-48(50(40)54(58)62)56-45-21-9-5-15-37(45)38-16-6-10-22-46(38)56/h3-29,32H,30H2,1-2H3. The molecule has 2 aliphatic heterocycles. The van der Waals surface area contributed by atoms with E-state index in [-0.39, 0.29) is 29.5 Å². The van der Waals surface area contributed by atoms with Gasteiger partial charge in [0.2, 0.25) is 0 Å². The lowest BCUT2D eigenvalue weighted by Crippen LogP contribution is -2.33. The van der Waals surface area contributed by atoms with Gasteiger partial charge in [-0.05, 0) is 96.8 Å². The van der Waals surface area contributed by atoms with Gasteiger partial charge >= 0.3 is 0 Å². The topological polar surface area (TPSA) is 84.6 Å². The van der Waals surface area contributed by atoms with Crippen LogP contribution >= 0.6 is 0 Å². The van der Waals surface area contributed by atoms with Crippen LogP contribution in [0.3, 0.4) is 0 Å². The number of imide groups is 2. The second kappa shape index (κ2) is 13.2. The number of benzene rings is 7. The fourth-order valence-electron chi connectivity index (χ4n) is 10.2. The molecule has 1 unspecified atom stereocenters. The molecule has 1 atom stereocenters. The molecule has 0 saturated heterocycles. The second-order valence-corrected chi connectivity index (χ2v) is 16.4. The van der Waals surface area contributed by atoms with Gasteiger partial charge in [0.25, 0.3) is 23.6 Å². The lowest BCUT2D eigenvalue weighted by molar-refractivity contribution is 0.0688. The molecule has 0 radical (unpaired) electrons. The molecule has 9 aromatic rings. The molecule has 1 aliphatic carbocycles. The first-order valence-electron chi connectivity index (χ1n) is 20.8. The third-order valence-electron chi connectivity index (χ3n) is 13.0. The van der Waals surface area contributed by atoms with E-state index >= 15 is 0 Å². The van der Waals surface area contributed by atoms with Crippen molar-refractivity contribution < 1.29 is 19.2 Å². The molecular weight excluding hydrogens is 769 g/mol. The molecule has 2 aromatic heterocycles. The first-order valence-corrected chi connectivity index (χ1v) is 20.8. The van der Waals surface area contributed by atoms with Gasteiger partial charge in [-0.25, -0.2) is 9.80 Å². The molecule has 0 saturated carbocycles. The van der Waals surface area contributed by atoms with Gasteiger partial charge in [-0.1, -0.05) is 104 Å². The van der Waals surface area contributed by atoms with Gasteiger partial charge in [0.05, 0.1) is 61.4 Å². The van der Waals surface area contributed by atoms with Crippen LogP contribution in [0.1, 0.15) is 65.9 Å². The average Bonchev–Trinajstić information content (AvgIpc) is 3.98. The summed E-state index contributed by atoms with van der Waals surface area (Å²) in [7, 11) is 0. The molecule has 296 valence electrons. The molecule has 3 aliphatic rings. The number of aromatic nitrogens is 2. The van der Waals surface area contributed by atoms with E-state index in [9.17, 15) is 19.2 Å². The summed E-state index contributed by atoms with van der Waals surface area (Å²) in [6, 6.07) is 49.3. The minimum absolute atomic E-state index is 0.163. The van der Waals surface area contributed by atoms with Gasteiger partial charge in [-0.3, -0.25) is 19.2 Å². The number of hydrogen-bond acceptors (Lipinski definition) is 4. The van der Waals surface area contributed by atoms with E-state index in [0.717, 1.165) is 60.3 Å². The van der Waals surface area contributed by atoms with Crippen molar-refractivity contribution in [1.29, 1.82) is 0 Å². The normalized spacial score (nSPS) is 16.3. The maximum absolute atomic E-state index is 14.5. The van der Waals surface area contributed by atoms with Crippen molar-refractivity contribution in [2.75, 3.05) is 4.90 Å². The van der Waals surface area contributed by atoms with Crippen LogP contribution in [0, 0.1) is 12.8 Å². The van der Waals surface area contributed by atoms with Crippen LogP contribution in [0.5, 0.6) is 0 Å². The fraction of sp³-hybridized carbons (Fsp3) is 0.0741. The molecule has 12 rings (SSSR count). The number of carbonyl (C=O) groups excluding carboxylic acids is 4. The first kappa shape index (κ1) is 35.8. The van der Waals surface area contributed by atoms with Crippen molar-refractivity contribution in [3.63, 3.8) is 0 Å². The number of amides is 4. The van der Waals surface area contributed by atoms with Gasteiger partial charge in [-0.15, -0.1) is 0 Å². The smallest absolute Gasteiger partial charge is 0.268 e. The number of allylic oxidation sites excluding steroid dienone is 4. The van der Waals surface area contributed by atoms with Gasteiger partial charge in [0.15, 0.2) is 0 Å². The van der Waals surface area contributed by atoms with Crippen molar-refractivity contribution in [1.82, 2.24) is 14.0 Å². The van der Waals surface area contributed by atoms with Gasteiger partial charge in [-0.2, -0.15) is 0 Å². The van der Waals surface area contributed by atoms with E-state index in [1.165, 1.54) is 9.80 Å².